The molecule has 5 nitrogen and oxygen atoms in total. The Labute approximate surface area is 175 Å². The minimum atomic E-state index is -0.0423. The highest BCUT2D eigenvalue weighted by molar-refractivity contribution is 8.00. The Bertz CT molecular complexity index is 761. The van der Waals surface area contributed by atoms with E-state index in [-0.39, 0.29) is 12.0 Å². The lowest BCUT2D eigenvalue weighted by atomic mass is 10.1. The second-order valence-corrected chi connectivity index (χ2v) is 9.68. The number of benzene rings is 1. The quantitative estimate of drug-likeness (QED) is 0.659. The van der Waals surface area contributed by atoms with Crippen molar-refractivity contribution < 1.29 is 9.53 Å². The van der Waals surface area contributed by atoms with Crippen molar-refractivity contribution in [2.24, 2.45) is 5.92 Å². The van der Waals surface area contributed by atoms with E-state index in [4.69, 9.17) is 4.74 Å². The van der Waals surface area contributed by atoms with Gasteiger partial charge >= 0.3 is 0 Å². The van der Waals surface area contributed by atoms with E-state index in [2.05, 4.69) is 34.4 Å². The highest BCUT2D eigenvalue weighted by atomic mass is 32.2. The first kappa shape index (κ1) is 21.3. The van der Waals surface area contributed by atoms with Gasteiger partial charge in [-0.25, -0.2) is 4.98 Å². The minimum absolute atomic E-state index is 0.0423. The highest BCUT2D eigenvalue weighted by Gasteiger charge is 2.21. The number of rotatable bonds is 8. The van der Waals surface area contributed by atoms with Crippen LogP contribution in [-0.2, 0) is 10.5 Å². The van der Waals surface area contributed by atoms with Crippen LogP contribution in [-0.4, -0.2) is 54.7 Å². The lowest BCUT2D eigenvalue weighted by Gasteiger charge is -2.33. The molecule has 0 aliphatic carbocycles. The van der Waals surface area contributed by atoms with Crippen molar-refractivity contribution in [2.45, 2.75) is 37.0 Å². The van der Waals surface area contributed by atoms with Gasteiger partial charge in [0.1, 0.15) is 4.34 Å². The van der Waals surface area contributed by atoms with Crippen LogP contribution in [0.3, 0.4) is 0 Å². The lowest BCUT2D eigenvalue weighted by molar-refractivity contribution is -0.0295. The van der Waals surface area contributed by atoms with Crippen molar-refractivity contribution in [3.05, 3.63) is 46.5 Å². The fraction of sp³-hybridized carbons (Fsp3) is 0.524. The van der Waals surface area contributed by atoms with E-state index < -0.39 is 0 Å². The number of nitrogens with one attached hydrogen (secondary N) is 1. The van der Waals surface area contributed by atoms with Crippen molar-refractivity contribution in [1.82, 2.24) is 15.2 Å². The predicted octanol–water partition coefficient (Wildman–Crippen LogP) is 3.83. The summed E-state index contributed by atoms with van der Waals surface area (Å²) in [5.41, 5.74) is 2.94. The standard InChI is InChI=1S/C21H29N3O2S2/c1-15(2)11-24-8-9-26-19(12-24)10-22-20(25)18-6-4-17(5-7-18)14-28-21-23-16(3)13-27-21/h4-7,13,15,19H,8-12,14H2,1-3H3,(H,22,25). The Morgan fingerprint density at radius 3 is 2.86 bits per heavy atom. The third-order valence-corrected chi connectivity index (χ3v) is 6.72. The summed E-state index contributed by atoms with van der Waals surface area (Å²) in [5.74, 6) is 1.46. The molecule has 28 heavy (non-hydrogen) atoms. The van der Waals surface area contributed by atoms with E-state index in [0.29, 0.717) is 18.0 Å². The Morgan fingerprint density at radius 2 is 2.18 bits per heavy atom. The van der Waals surface area contributed by atoms with E-state index in [1.54, 1.807) is 23.1 Å². The molecule has 1 unspecified atom stereocenters. The maximum Gasteiger partial charge on any atom is 0.251 e. The predicted molar refractivity (Wildman–Crippen MR) is 116 cm³/mol. The van der Waals surface area contributed by atoms with Crippen LogP contribution >= 0.6 is 23.1 Å². The van der Waals surface area contributed by atoms with Gasteiger partial charge in [-0.2, -0.15) is 0 Å². The molecule has 152 valence electrons. The Kier molecular flexibility index (Phi) is 7.91. The van der Waals surface area contributed by atoms with Crippen LogP contribution in [0.5, 0.6) is 0 Å². The van der Waals surface area contributed by atoms with Gasteiger partial charge in [0.25, 0.3) is 5.91 Å². The maximum absolute atomic E-state index is 12.4. The van der Waals surface area contributed by atoms with Gasteiger partial charge in [0, 0.05) is 48.6 Å². The van der Waals surface area contributed by atoms with Gasteiger partial charge in [-0.1, -0.05) is 37.7 Å². The Morgan fingerprint density at radius 1 is 1.39 bits per heavy atom. The second kappa shape index (κ2) is 10.4. The summed E-state index contributed by atoms with van der Waals surface area (Å²) in [7, 11) is 0. The van der Waals surface area contributed by atoms with Crippen molar-refractivity contribution in [3.63, 3.8) is 0 Å². The van der Waals surface area contributed by atoms with Gasteiger partial charge in [-0.05, 0) is 30.5 Å². The van der Waals surface area contributed by atoms with E-state index >= 15 is 0 Å². The van der Waals surface area contributed by atoms with Crippen molar-refractivity contribution in [3.8, 4) is 0 Å². The molecule has 0 bridgehead atoms. The number of aryl methyl sites for hydroxylation is 1. The fourth-order valence-corrected chi connectivity index (χ4v) is 5.00. The maximum atomic E-state index is 12.4. The molecule has 1 aromatic carbocycles. The van der Waals surface area contributed by atoms with Crippen LogP contribution in [0.2, 0.25) is 0 Å². The molecule has 0 saturated carbocycles. The molecule has 2 heterocycles. The third kappa shape index (κ3) is 6.58. The zero-order valence-electron chi connectivity index (χ0n) is 16.8. The lowest BCUT2D eigenvalue weighted by Crippen LogP contribution is -2.48. The zero-order valence-corrected chi connectivity index (χ0v) is 18.4. The number of thiazole rings is 1. The number of nitrogens with zero attached hydrogens (tertiary/aromatic N) is 2. The number of aromatic nitrogens is 1. The molecule has 1 N–H and O–H groups in total. The monoisotopic (exact) mass is 419 g/mol. The first-order valence-corrected chi connectivity index (χ1v) is 11.6. The second-order valence-electron chi connectivity index (χ2n) is 7.60. The summed E-state index contributed by atoms with van der Waals surface area (Å²) in [6.45, 7) is 10.7. The number of carbonyl (C=O) groups excluding carboxylic acids is 1. The number of morpholine rings is 1. The van der Waals surface area contributed by atoms with Crippen LogP contribution in [0.25, 0.3) is 0 Å². The van der Waals surface area contributed by atoms with Crippen LogP contribution in [0, 0.1) is 12.8 Å². The normalized spacial score (nSPS) is 17.8. The van der Waals surface area contributed by atoms with E-state index in [1.165, 1.54) is 5.56 Å². The van der Waals surface area contributed by atoms with Gasteiger partial charge in [0.2, 0.25) is 0 Å². The largest absolute Gasteiger partial charge is 0.374 e. The number of amides is 1. The van der Waals surface area contributed by atoms with E-state index in [9.17, 15) is 4.79 Å². The zero-order chi connectivity index (χ0) is 19.9. The SMILES string of the molecule is Cc1csc(SCc2ccc(C(=O)NCC3CN(CC(C)C)CCO3)cc2)n1. The summed E-state index contributed by atoms with van der Waals surface area (Å²) >= 11 is 3.40. The third-order valence-electron chi connectivity index (χ3n) is 4.51. The van der Waals surface area contributed by atoms with Gasteiger partial charge in [0.15, 0.2) is 0 Å². The average Bonchev–Trinajstić information content (AvgIpc) is 3.10. The van der Waals surface area contributed by atoms with Gasteiger partial charge in [-0.3, -0.25) is 9.69 Å². The molecule has 1 amide bonds. The molecule has 0 radical (unpaired) electrons. The molecule has 3 rings (SSSR count). The van der Waals surface area contributed by atoms with Crippen molar-refractivity contribution in [2.75, 3.05) is 32.8 Å². The number of carbonyl (C=O) groups is 1. The van der Waals surface area contributed by atoms with Gasteiger partial charge in [-0.15, -0.1) is 11.3 Å². The number of hydrogen-bond donors (Lipinski definition) is 1. The molecule has 1 aliphatic rings. The topological polar surface area (TPSA) is 54.5 Å². The fourth-order valence-electron chi connectivity index (χ4n) is 3.19. The first-order chi connectivity index (χ1) is 13.5. The first-order valence-electron chi connectivity index (χ1n) is 9.75. The summed E-state index contributed by atoms with van der Waals surface area (Å²) in [6, 6.07) is 7.82. The van der Waals surface area contributed by atoms with Gasteiger partial charge in [0.05, 0.1) is 12.7 Å². The Balaban J connectivity index is 1.44. The smallest absolute Gasteiger partial charge is 0.251 e. The minimum Gasteiger partial charge on any atom is -0.374 e. The summed E-state index contributed by atoms with van der Waals surface area (Å²) < 4.78 is 6.89. The molecule has 7 heteroatoms. The molecule has 1 saturated heterocycles. The molecular formula is C21H29N3O2S2. The molecular weight excluding hydrogens is 390 g/mol. The highest BCUT2D eigenvalue weighted by Crippen LogP contribution is 2.26. The molecule has 2 aromatic rings. The van der Waals surface area contributed by atoms with Crippen LogP contribution < -0.4 is 5.32 Å². The molecule has 1 aliphatic heterocycles. The summed E-state index contributed by atoms with van der Waals surface area (Å²) in [4.78, 5) is 19.3. The Hall–Kier alpha value is -1.41. The average molecular weight is 420 g/mol. The number of hydrogen-bond acceptors (Lipinski definition) is 6. The van der Waals surface area contributed by atoms with Crippen molar-refractivity contribution >= 4 is 29.0 Å². The van der Waals surface area contributed by atoms with Crippen LogP contribution in [0.4, 0.5) is 0 Å². The summed E-state index contributed by atoms with van der Waals surface area (Å²) in [5, 5.41) is 5.08. The van der Waals surface area contributed by atoms with Gasteiger partial charge < -0.3 is 10.1 Å². The van der Waals surface area contributed by atoms with Crippen LogP contribution in [0.1, 0.15) is 35.5 Å². The van der Waals surface area contributed by atoms with E-state index in [0.717, 1.165) is 42.0 Å². The molecule has 0 spiro atoms. The van der Waals surface area contributed by atoms with E-state index in [1.807, 2.05) is 31.2 Å². The molecule has 1 atom stereocenters. The molecule has 1 fully saturated rings. The van der Waals surface area contributed by atoms with Crippen molar-refractivity contribution in [1.29, 1.82) is 0 Å². The number of ether oxygens (including phenoxy) is 1. The molecule has 1 aromatic heterocycles. The number of thioether (sulfide) groups is 1. The summed E-state index contributed by atoms with van der Waals surface area (Å²) in [6.07, 6.45) is 0.0638. The van der Waals surface area contributed by atoms with Crippen LogP contribution in [0.15, 0.2) is 34.0 Å².